The van der Waals surface area contributed by atoms with Gasteiger partial charge in [-0.25, -0.2) is 4.79 Å². The Bertz CT molecular complexity index is 1100. The minimum absolute atomic E-state index is 0.168. The van der Waals surface area contributed by atoms with E-state index in [-0.39, 0.29) is 30.7 Å². The van der Waals surface area contributed by atoms with Crippen molar-refractivity contribution in [1.82, 2.24) is 15.5 Å². The molecule has 1 aliphatic carbocycles. The second-order valence-electron chi connectivity index (χ2n) is 13.7. The normalized spacial score (nSPS) is 26.9. The van der Waals surface area contributed by atoms with Crippen molar-refractivity contribution in [1.29, 1.82) is 0 Å². The predicted molar refractivity (Wildman–Crippen MR) is 158 cm³/mol. The van der Waals surface area contributed by atoms with Crippen LogP contribution in [0.15, 0.2) is 24.3 Å². The number of hydrogen-bond acceptors (Lipinski definition) is 6. The van der Waals surface area contributed by atoms with Gasteiger partial charge in [0.25, 0.3) is 0 Å². The molecule has 2 unspecified atom stereocenters. The number of carbonyl (C=O) groups excluding carboxylic acids is 3. The Balaban J connectivity index is 1.65. The fourth-order valence-corrected chi connectivity index (χ4v) is 6.29. The molecule has 2 fully saturated rings. The molecule has 41 heavy (non-hydrogen) atoms. The molecular formula is C31H48ClN3O6. The molecule has 2 aliphatic rings. The van der Waals surface area contributed by atoms with E-state index in [2.05, 4.69) is 10.6 Å². The summed E-state index contributed by atoms with van der Waals surface area (Å²) in [5.41, 5.74) is -2.96. The number of carbonyl (C=O) groups is 3. The van der Waals surface area contributed by atoms with Crippen molar-refractivity contribution < 1.29 is 29.3 Å². The monoisotopic (exact) mass is 593 g/mol. The highest BCUT2D eigenvalue weighted by molar-refractivity contribution is 6.30. The zero-order chi connectivity index (χ0) is 30.8. The number of alkyl carbamates (subject to hydrolysis) is 1. The predicted octanol–water partition coefficient (Wildman–Crippen LogP) is 4.37. The average Bonchev–Trinajstić information content (AvgIpc) is 3.24. The lowest BCUT2D eigenvalue weighted by Gasteiger charge is -2.51. The van der Waals surface area contributed by atoms with Gasteiger partial charge < -0.3 is 30.5 Å². The highest BCUT2D eigenvalue weighted by Gasteiger charge is 2.51. The van der Waals surface area contributed by atoms with E-state index < -0.39 is 40.3 Å². The van der Waals surface area contributed by atoms with E-state index in [1.165, 1.54) is 0 Å². The zero-order valence-corrected chi connectivity index (χ0v) is 26.3. The van der Waals surface area contributed by atoms with Crippen molar-refractivity contribution in [2.24, 2.45) is 17.3 Å². The Hall–Kier alpha value is -2.36. The summed E-state index contributed by atoms with van der Waals surface area (Å²) in [6.45, 7) is 13.8. The van der Waals surface area contributed by atoms with Gasteiger partial charge in [0, 0.05) is 30.1 Å². The number of ether oxygens (including phenoxy) is 1. The van der Waals surface area contributed by atoms with Gasteiger partial charge in [0.1, 0.15) is 11.6 Å². The van der Waals surface area contributed by atoms with Crippen molar-refractivity contribution in [3.63, 3.8) is 0 Å². The van der Waals surface area contributed by atoms with Crippen LogP contribution in [-0.2, 0) is 19.9 Å². The maximum atomic E-state index is 13.8. The summed E-state index contributed by atoms with van der Waals surface area (Å²) in [7, 11) is 0. The summed E-state index contributed by atoms with van der Waals surface area (Å²) < 4.78 is 5.26. The van der Waals surface area contributed by atoms with Crippen LogP contribution in [0.3, 0.4) is 0 Å². The number of amides is 3. The average molecular weight is 594 g/mol. The Morgan fingerprint density at radius 1 is 1.12 bits per heavy atom. The van der Waals surface area contributed by atoms with Crippen molar-refractivity contribution in [3.8, 4) is 0 Å². The number of rotatable bonds is 8. The molecule has 4 N–H and O–H groups in total. The van der Waals surface area contributed by atoms with Gasteiger partial charge in [-0.15, -0.1) is 0 Å². The SMILES string of the molecule is CC(C)[C@@H](NC(=O)C1CCCC1(O)CCNC(=O)OC(C)(C)C)C(=O)N1CC[C@](O)(c2ccc(Cl)cc2)C(C)(C)C1. The Morgan fingerprint density at radius 3 is 2.32 bits per heavy atom. The number of nitrogens with one attached hydrogen (secondary N) is 2. The zero-order valence-electron chi connectivity index (χ0n) is 25.6. The van der Waals surface area contributed by atoms with Crippen LogP contribution in [0.5, 0.6) is 0 Å². The lowest BCUT2D eigenvalue weighted by atomic mass is 9.66. The molecule has 3 rings (SSSR count). The minimum atomic E-state index is -1.29. The molecule has 0 aromatic heterocycles. The smallest absolute Gasteiger partial charge is 0.407 e. The van der Waals surface area contributed by atoms with Crippen molar-refractivity contribution in [2.45, 2.75) is 103 Å². The van der Waals surface area contributed by atoms with E-state index in [9.17, 15) is 24.6 Å². The summed E-state index contributed by atoms with van der Waals surface area (Å²) in [4.78, 5) is 41.0. The number of aliphatic hydroxyl groups is 2. The van der Waals surface area contributed by atoms with E-state index in [0.29, 0.717) is 43.8 Å². The van der Waals surface area contributed by atoms with E-state index in [0.717, 1.165) is 5.56 Å². The lowest BCUT2D eigenvalue weighted by Crippen LogP contribution is -2.61. The fourth-order valence-electron chi connectivity index (χ4n) is 6.16. The summed E-state index contributed by atoms with van der Waals surface area (Å²) in [5, 5.41) is 29.3. The van der Waals surface area contributed by atoms with Crippen LogP contribution in [0.1, 0.15) is 86.1 Å². The Labute approximate surface area is 249 Å². The molecule has 1 saturated heterocycles. The topological polar surface area (TPSA) is 128 Å². The molecule has 1 saturated carbocycles. The molecule has 1 heterocycles. The maximum absolute atomic E-state index is 13.8. The molecule has 1 aromatic rings. The van der Waals surface area contributed by atoms with Crippen LogP contribution in [0.4, 0.5) is 4.79 Å². The fraction of sp³-hybridized carbons (Fsp3) is 0.710. The van der Waals surface area contributed by atoms with E-state index in [1.54, 1.807) is 37.8 Å². The minimum Gasteiger partial charge on any atom is -0.444 e. The number of benzene rings is 1. The first-order valence-electron chi connectivity index (χ1n) is 14.7. The molecule has 3 amide bonds. The standard InChI is InChI=1S/C31H48ClN3O6/c1-20(2)24(26(37)35-18-16-31(40,29(6,7)19-35)21-10-12-22(32)13-11-21)34-25(36)23-9-8-14-30(23,39)15-17-33-27(38)41-28(3,4)5/h10-13,20,23-24,39-40H,8-9,14-19H2,1-7H3,(H,33,38)(H,34,36)/t23?,24-,30?,31+/m1/s1. The summed E-state index contributed by atoms with van der Waals surface area (Å²) in [6.07, 6.45) is 1.58. The summed E-state index contributed by atoms with van der Waals surface area (Å²) >= 11 is 6.05. The van der Waals surface area contributed by atoms with Gasteiger partial charge in [0.2, 0.25) is 11.8 Å². The third kappa shape index (κ3) is 7.73. The number of nitrogens with zero attached hydrogens (tertiary/aromatic N) is 1. The van der Waals surface area contributed by atoms with Crippen LogP contribution < -0.4 is 10.6 Å². The highest BCUT2D eigenvalue weighted by atomic mass is 35.5. The first-order chi connectivity index (χ1) is 18.9. The van der Waals surface area contributed by atoms with E-state index in [4.69, 9.17) is 16.3 Å². The first kappa shape index (κ1) is 33.1. The van der Waals surface area contributed by atoms with E-state index in [1.807, 2.05) is 39.8 Å². The van der Waals surface area contributed by atoms with Gasteiger partial charge >= 0.3 is 6.09 Å². The highest BCUT2D eigenvalue weighted by Crippen LogP contribution is 2.46. The van der Waals surface area contributed by atoms with Gasteiger partial charge in [0.05, 0.1) is 17.1 Å². The maximum Gasteiger partial charge on any atom is 0.407 e. The summed E-state index contributed by atoms with van der Waals surface area (Å²) in [5.74, 6) is -1.43. The van der Waals surface area contributed by atoms with Gasteiger partial charge in [0.15, 0.2) is 0 Å². The van der Waals surface area contributed by atoms with Crippen LogP contribution in [0.2, 0.25) is 5.02 Å². The molecule has 10 heteroatoms. The number of piperidine rings is 1. The molecule has 0 radical (unpaired) electrons. The van der Waals surface area contributed by atoms with Gasteiger partial charge in [-0.2, -0.15) is 0 Å². The summed E-state index contributed by atoms with van der Waals surface area (Å²) in [6, 6.07) is 6.38. The lowest BCUT2D eigenvalue weighted by molar-refractivity contribution is -0.157. The quantitative estimate of drug-likeness (QED) is 0.354. The number of halogens is 1. The van der Waals surface area contributed by atoms with Gasteiger partial charge in [-0.1, -0.05) is 51.4 Å². The molecule has 4 atom stereocenters. The largest absolute Gasteiger partial charge is 0.444 e. The second kappa shape index (κ2) is 12.5. The molecule has 1 aliphatic heterocycles. The van der Waals surface area contributed by atoms with Crippen LogP contribution >= 0.6 is 11.6 Å². The Morgan fingerprint density at radius 2 is 1.76 bits per heavy atom. The Kier molecular flexibility index (Phi) is 10.1. The first-order valence-corrected chi connectivity index (χ1v) is 15.0. The molecule has 1 aromatic carbocycles. The van der Waals surface area contributed by atoms with Crippen LogP contribution in [0, 0.1) is 17.3 Å². The second-order valence-corrected chi connectivity index (χ2v) is 14.2. The number of hydrogen-bond donors (Lipinski definition) is 4. The number of likely N-dealkylation sites (tertiary alicyclic amines) is 1. The van der Waals surface area contributed by atoms with Gasteiger partial charge in [-0.3, -0.25) is 9.59 Å². The van der Waals surface area contributed by atoms with Crippen molar-refractivity contribution >= 4 is 29.5 Å². The molecule has 0 spiro atoms. The van der Waals surface area contributed by atoms with Crippen LogP contribution in [-0.4, -0.2) is 69.9 Å². The molecule has 9 nitrogen and oxygen atoms in total. The van der Waals surface area contributed by atoms with Crippen molar-refractivity contribution in [2.75, 3.05) is 19.6 Å². The van der Waals surface area contributed by atoms with Crippen LogP contribution in [0.25, 0.3) is 0 Å². The molecular weight excluding hydrogens is 546 g/mol. The molecule has 230 valence electrons. The van der Waals surface area contributed by atoms with Gasteiger partial charge in [-0.05, 0) is 76.5 Å². The molecule has 0 bridgehead atoms. The third-order valence-corrected chi connectivity index (χ3v) is 8.86. The van der Waals surface area contributed by atoms with E-state index >= 15 is 0 Å². The third-order valence-electron chi connectivity index (χ3n) is 8.61. The van der Waals surface area contributed by atoms with Crippen molar-refractivity contribution in [3.05, 3.63) is 34.9 Å².